The van der Waals surface area contributed by atoms with Gasteiger partial charge in [-0.15, -0.1) is 0 Å². The van der Waals surface area contributed by atoms with Crippen LogP contribution in [0.5, 0.6) is 17.4 Å². The summed E-state index contributed by atoms with van der Waals surface area (Å²) in [6, 6.07) is 11.2. The molecule has 0 aliphatic heterocycles. The van der Waals surface area contributed by atoms with Crippen LogP contribution in [0.25, 0.3) is 0 Å². The molecule has 0 saturated carbocycles. The first-order chi connectivity index (χ1) is 14.8. The molecule has 2 aromatic rings. The molecule has 0 spiro atoms. The van der Waals surface area contributed by atoms with E-state index in [9.17, 15) is 4.79 Å². The number of aromatic nitrogens is 1. The number of ether oxygens (including phenoxy) is 2. The number of pyridine rings is 1. The minimum atomic E-state index is -0.271. The van der Waals surface area contributed by atoms with Gasteiger partial charge >= 0.3 is 0 Å². The third kappa shape index (κ3) is 8.94. The number of hydrogen-bond donors (Lipinski definition) is 3. The SMILES string of the molecule is CCNC(=NCc1ccc(Oc2ccccc2OCC)nc1)NCC(=O)NC(C)(C)C. The van der Waals surface area contributed by atoms with Gasteiger partial charge in [0.05, 0.1) is 19.7 Å². The fraction of sp³-hybridized carbons (Fsp3) is 0.435. The number of amides is 1. The smallest absolute Gasteiger partial charge is 0.239 e. The van der Waals surface area contributed by atoms with Crippen molar-refractivity contribution in [2.24, 2.45) is 4.99 Å². The fourth-order valence-corrected chi connectivity index (χ4v) is 2.63. The molecule has 8 heteroatoms. The topological polar surface area (TPSA) is 96.9 Å². The van der Waals surface area contributed by atoms with E-state index in [2.05, 4.69) is 25.9 Å². The van der Waals surface area contributed by atoms with Gasteiger partial charge in [-0.2, -0.15) is 0 Å². The number of rotatable bonds is 9. The van der Waals surface area contributed by atoms with E-state index < -0.39 is 0 Å². The normalized spacial score (nSPS) is 11.6. The van der Waals surface area contributed by atoms with Gasteiger partial charge in [0.15, 0.2) is 17.5 Å². The van der Waals surface area contributed by atoms with E-state index in [1.54, 1.807) is 12.3 Å². The highest BCUT2D eigenvalue weighted by atomic mass is 16.5. The van der Waals surface area contributed by atoms with Crippen LogP contribution < -0.4 is 25.4 Å². The van der Waals surface area contributed by atoms with Gasteiger partial charge in [-0.25, -0.2) is 9.98 Å². The zero-order chi connectivity index (χ0) is 22.7. The Kier molecular flexibility index (Phi) is 9.12. The summed E-state index contributed by atoms with van der Waals surface area (Å²) in [6.45, 7) is 11.5. The second-order valence-electron chi connectivity index (χ2n) is 7.83. The van der Waals surface area contributed by atoms with Gasteiger partial charge in [0.2, 0.25) is 11.8 Å². The zero-order valence-corrected chi connectivity index (χ0v) is 19.0. The first-order valence-corrected chi connectivity index (χ1v) is 10.5. The van der Waals surface area contributed by atoms with Crippen molar-refractivity contribution < 1.29 is 14.3 Å². The summed E-state index contributed by atoms with van der Waals surface area (Å²) in [7, 11) is 0. The van der Waals surface area contributed by atoms with Crippen LogP contribution in [0.15, 0.2) is 47.6 Å². The molecule has 0 radical (unpaired) electrons. The first kappa shape index (κ1) is 24.0. The summed E-state index contributed by atoms with van der Waals surface area (Å²) < 4.78 is 11.4. The van der Waals surface area contributed by atoms with E-state index in [1.165, 1.54) is 0 Å². The second kappa shape index (κ2) is 11.8. The van der Waals surface area contributed by atoms with Crippen molar-refractivity contribution in [2.45, 2.75) is 46.7 Å². The summed E-state index contributed by atoms with van der Waals surface area (Å²) in [6.07, 6.45) is 1.72. The van der Waals surface area contributed by atoms with E-state index in [0.29, 0.717) is 43.0 Å². The van der Waals surface area contributed by atoms with E-state index >= 15 is 0 Å². The number of nitrogens with zero attached hydrogens (tertiary/aromatic N) is 2. The van der Waals surface area contributed by atoms with Crippen molar-refractivity contribution in [1.82, 2.24) is 20.9 Å². The largest absolute Gasteiger partial charge is 0.490 e. The van der Waals surface area contributed by atoms with Gasteiger partial charge in [-0.3, -0.25) is 4.79 Å². The van der Waals surface area contributed by atoms with Crippen LogP contribution in [0.2, 0.25) is 0 Å². The molecule has 8 nitrogen and oxygen atoms in total. The zero-order valence-electron chi connectivity index (χ0n) is 19.0. The highest BCUT2D eigenvalue weighted by Crippen LogP contribution is 2.30. The molecular weight excluding hydrogens is 394 g/mol. The average Bonchev–Trinajstić information content (AvgIpc) is 2.71. The lowest BCUT2D eigenvalue weighted by atomic mass is 10.1. The molecule has 1 amide bonds. The van der Waals surface area contributed by atoms with Gasteiger partial charge in [-0.1, -0.05) is 18.2 Å². The molecule has 0 aliphatic rings. The number of carbonyl (C=O) groups excluding carboxylic acids is 1. The van der Waals surface area contributed by atoms with Gasteiger partial charge in [0.25, 0.3) is 0 Å². The van der Waals surface area contributed by atoms with Crippen LogP contribution in [-0.2, 0) is 11.3 Å². The number of hydrogen-bond acceptors (Lipinski definition) is 5. The molecule has 2 rings (SSSR count). The van der Waals surface area contributed by atoms with Crippen LogP contribution in [0.3, 0.4) is 0 Å². The molecule has 31 heavy (non-hydrogen) atoms. The first-order valence-electron chi connectivity index (χ1n) is 10.5. The summed E-state index contributed by atoms with van der Waals surface area (Å²) in [5.74, 6) is 2.25. The number of carbonyl (C=O) groups is 1. The number of aliphatic imine (C=N–C) groups is 1. The quantitative estimate of drug-likeness (QED) is 0.420. The maximum Gasteiger partial charge on any atom is 0.239 e. The van der Waals surface area contributed by atoms with Crippen molar-refractivity contribution in [3.8, 4) is 17.4 Å². The summed E-state index contributed by atoms with van der Waals surface area (Å²) in [4.78, 5) is 20.9. The van der Waals surface area contributed by atoms with E-state index in [4.69, 9.17) is 9.47 Å². The lowest BCUT2D eigenvalue weighted by molar-refractivity contribution is -0.121. The van der Waals surface area contributed by atoms with E-state index in [1.807, 2.05) is 65.0 Å². The Morgan fingerprint density at radius 2 is 1.81 bits per heavy atom. The summed E-state index contributed by atoms with van der Waals surface area (Å²) >= 11 is 0. The molecule has 0 bridgehead atoms. The van der Waals surface area contributed by atoms with Crippen LogP contribution in [0, 0.1) is 0 Å². The monoisotopic (exact) mass is 427 g/mol. The average molecular weight is 428 g/mol. The third-order valence-corrected chi connectivity index (χ3v) is 3.86. The van der Waals surface area contributed by atoms with Crippen molar-refractivity contribution in [1.29, 1.82) is 0 Å². The van der Waals surface area contributed by atoms with Gasteiger partial charge in [0, 0.05) is 24.3 Å². The van der Waals surface area contributed by atoms with Crippen molar-refractivity contribution in [3.05, 3.63) is 48.2 Å². The molecule has 1 aromatic heterocycles. The maximum atomic E-state index is 12.0. The molecular formula is C23H33N5O3. The third-order valence-electron chi connectivity index (χ3n) is 3.86. The number of para-hydroxylation sites is 2. The molecule has 0 saturated heterocycles. The van der Waals surface area contributed by atoms with Crippen molar-refractivity contribution in [2.75, 3.05) is 19.7 Å². The van der Waals surface area contributed by atoms with Crippen LogP contribution in [0.1, 0.15) is 40.2 Å². The fourth-order valence-electron chi connectivity index (χ4n) is 2.63. The predicted molar refractivity (Wildman–Crippen MR) is 123 cm³/mol. The molecule has 168 valence electrons. The number of benzene rings is 1. The molecule has 1 aromatic carbocycles. The maximum absolute atomic E-state index is 12.0. The number of guanidine groups is 1. The van der Waals surface area contributed by atoms with Gasteiger partial charge < -0.3 is 25.4 Å². The molecule has 3 N–H and O–H groups in total. The molecule has 0 fully saturated rings. The Morgan fingerprint density at radius 3 is 2.42 bits per heavy atom. The van der Waals surface area contributed by atoms with Gasteiger partial charge in [0.1, 0.15) is 0 Å². The summed E-state index contributed by atoms with van der Waals surface area (Å²) in [5, 5.41) is 9.09. The highest BCUT2D eigenvalue weighted by Gasteiger charge is 2.13. The van der Waals surface area contributed by atoms with E-state index in [-0.39, 0.29) is 18.0 Å². The minimum Gasteiger partial charge on any atom is -0.490 e. The molecule has 0 aliphatic carbocycles. The van der Waals surface area contributed by atoms with E-state index in [0.717, 1.165) is 5.56 Å². The van der Waals surface area contributed by atoms with Crippen molar-refractivity contribution in [3.63, 3.8) is 0 Å². The Morgan fingerprint density at radius 1 is 1.06 bits per heavy atom. The van der Waals surface area contributed by atoms with Crippen LogP contribution in [0.4, 0.5) is 0 Å². The Hall–Kier alpha value is -3.29. The second-order valence-corrected chi connectivity index (χ2v) is 7.83. The molecule has 0 unspecified atom stereocenters. The van der Waals surface area contributed by atoms with Crippen LogP contribution >= 0.6 is 0 Å². The van der Waals surface area contributed by atoms with Crippen LogP contribution in [-0.4, -0.2) is 42.1 Å². The lowest BCUT2D eigenvalue weighted by Crippen LogP contribution is -2.48. The standard InChI is InChI=1S/C23H33N5O3/c1-6-24-22(27-16-20(29)28-23(3,4)5)26-15-17-12-13-21(25-14-17)31-19-11-9-8-10-18(19)30-7-2/h8-14H,6-7,15-16H2,1-5H3,(H,28,29)(H2,24,26,27). The Balaban J connectivity index is 1.95. The number of nitrogens with one attached hydrogen (secondary N) is 3. The Bertz CT molecular complexity index is 860. The molecule has 0 atom stereocenters. The Labute approximate surface area is 184 Å². The lowest BCUT2D eigenvalue weighted by Gasteiger charge is -2.21. The summed E-state index contributed by atoms with van der Waals surface area (Å²) in [5.41, 5.74) is 0.647. The highest BCUT2D eigenvalue weighted by molar-refractivity contribution is 5.86. The minimum absolute atomic E-state index is 0.0893. The van der Waals surface area contributed by atoms with Gasteiger partial charge in [-0.05, 0) is 52.3 Å². The molecule has 1 heterocycles. The predicted octanol–water partition coefficient (Wildman–Crippen LogP) is 3.24. The van der Waals surface area contributed by atoms with Crippen molar-refractivity contribution >= 4 is 11.9 Å².